The zero-order valence-corrected chi connectivity index (χ0v) is 24.1. The Hall–Kier alpha value is -4.29. The number of likely N-dealkylation sites (N-methyl/N-ethyl adjacent to an activating group) is 1. The molecule has 3 amide bonds. The number of hydrogen-bond donors (Lipinski definition) is 4. The van der Waals surface area contributed by atoms with E-state index in [1.54, 1.807) is 30.4 Å². The number of aromatic amines is 1. The molecule has 2 aromatic carbocycles. The van der Waals surface area contributed by atoms with Gasteiger partial charge in [-0.25, -0.2) is 18.6 Å². The van der Waals surface area contributed by atoms with Gasteiger partial charge in [0.1, 0.15) is 40.5 Å². The van der Waals surface area contributed by atoms with Crippen molar-refractivity contribution in [2.24, 2.45) is 0 Å². The lowest BCUT2D eigenvalue weighted by atomic mass is 10.1. The second-order valence-electron chi connectivity index (χ2n) is 10.0. The summed E-state index contributed by atoms with van der Waals surface area (Å²) in [6.07, 6.45) is 3.59. The molecule has 4 rings (SSSR count). The number of carbonyl (C=O) groups excluding carboxylic acids is 3. The van der Waals surface area contributed by atoms with Gasteiger partial charge in [-0.2, -0.15) is 0 Å². The van der Waals surface area contributed by atoms with Gasteiger partial charge in [0.15, 0.2) is 0 Å². The highest BCUT2D eigenvalue weighted by Gasteiger charge is 2.25. The van der Waals surface area contributed by atoms with Crippen LogP contribution in [-0.4, -0.2) is 60.0 Å². The van der Waals surface area contributed by atoms with Gasteiger partial charge in [0.05, 0.1) is 11.7 Å². The fourth-order valence-electron chi connectivity index (χ4n) is 4.28. The quantitative estimate of drug-likeness (QED) is 0.274. The summed E-state index contributed by atoms with van der Waals surface area (Å²) in [7, 11) is 3.72. The van der Waals surface area contributed by atoms with Crippen LogP contribution in [0.2, 0.25) is 5.15 Å². The van der Waals surface area contributed by atoms with Crippen molar-refractivity contribution >= 4 is 40.9 Å². The van der Waals surface area contributed by atoms with Gasteiger partial charge in [0.2, 0.25) is 5.91 Å². The number of aromatic nitrogens is 2. The zero-order valence-electron chi connectivity index (χ0n) is 23.3. The number of halogens is 3. The molecule has 0 unspecified atom stereocenters. The molecule has 0 saturated carbocycles. The number of allylic oxidation sites excluding steroid dienone is 1. The van der Waals surface area contributed by atoms with E-state index in [0.717, 1.165) is 12.1 Å². The van der Waals surface area contributed by atoms with Crippen molar-refractivity contribution in [2.75, 3.05) is 37.9 Å². The Kier molecular flexibility index (Phi) is 9.92. The maximum atomic E-state index is 14.5. The number of nitrogens with one attached hydrogen (secondary N) is 4. The van der Waals surface area contributed by atoms with Crippen LogP contribution in [0.3, 0.4) is 0 Å². The molecule has 10 nitrogen and oxygen atoms in total. The third-order valence-electron chi connectivity index (χ3n) is 6.37. The molecule has 1 atom stereocenters. The number of carbonyl (C=O) groups is 3. The molecule has 4 N–H and O–H groups in total. The van der Waals surface area contributed by atoms with Crippen LogP contribution in [0.4, 0.5) is 25.0 Å². The molecule has 0 fully saturated rings. The second-order valence-corrected chi connectivity index (χ2v) is 10.4. The molecule has 42 heavy (non-hydrogen) atoms. The normalized spacial score (nSPS) is 15.1. The fraction of sp³-hybridized carbons (Fsp3) is 0.310. The summed E-state index contributed by atoms with van der Waals surface area (Å²) in [4.78, 5) is 47.3. The monoisotopic (exact) mass is 600 g/mol. The molecule has 1 aromatic heterocycles. The van der Waals surface area contributed by atoms with E-state index in [0.29, 0.717) is 35.5 Å². The van der Waals surface area contributed by atoms with E-state index in [1.165, 1.54) is 6.92 Å². The van der Waals surface area contributed by atoms with E-state index in [1.807, 2.05) is 19.0 Å². The second kappa shape index (κ2) is 13.6. The number of aryl methyl sites for hydroxylation is 1. The lowest BCUT2D eigenvalue weighted by Gasteiger charge is -2.16. The molecule has 0 saturated heterocycles. The van der Waals surface area contributed by atoms with Crippen LogP contribution in [-0.2, 0) is 9.53 Å². The van der Waals surface area contributed by atoms with Gasteiger partial charge in [-0.1, -0.05) is 23.8 Å². The van der Waals surface area contributed by atoms with Gasteiger partial charge in [-0.05, 0) is 69.8 Å². The predicted octanol–water partition coefficient (Wildman–Crippen LogP) is 5.58. The average Bonchev–Trinajstić information content (AvgIpc) is 3.28. The Labute approximate surface area is 246 Å². The van der Waals surface area contributed by atoms with Crippen LogP contribution in [0.1, 0.15) is 47.1 Å². The smallest absolute Gasteiger partial charge is 0.411 e. The van der Waals surface area contributed by atoms with Gasteiger partial charge < -0.3 is 25.3 Å². The number of fused-ring (bicyclic) bond motifs is 4. The molecule has 0 aliphatic carbocycles. The summed E-state index contributed by atoms with van der Waals surface area (Å²) >= 11 is 6.53. The third kappa shape index (κ3) is 7.71. The third-order valence-corrected chi connectivity index (χ3v) is 6.64. The zero-order chi connectivity index (χ0) is 30.4. The van der Waals surface area contributed by atoms with Crippen molar-refractivity contribution in [3.8, 4) is 11.3 Å². The highest BCUT2D eigenvalue weighted by molar-refractivity contribution is 6.32. The van der Waals surface area contributed by atoms with E-state index < -0.39 is 35.2 Å². The minimum absolute atomic E-state index is 0.109. The number of benzene rings is 2. The summed E-state index contributed by atoms with van der Waals surface area (Å²) in [5.41, 5.74) is 1.04. The minimum atomic E-state index is -0.979. The van der Waals surface area contributed by atoms with Crippen LogP contribution >= 0.6 is 11.6 Å². The summed E-state index contributed by atoms with van der Waals surface area (Å²) in [6.45, 7) is 2.27. The number of rotatable bonds is 6. The summed E-state index contributed by atoms with van der Waals surface area (Å²) in [6, 6.07) is 6.12. The molecule has 0 radical (unpaired) electrons. The molecule has 2 bridgehead atoms. The standard InChI is InChI=1S/C29H31ClF2N6O4/c1-16-13-19(31)24(20(32)14-16)28(40)35-21-7-5-4-6-8-23(39)34-22-15-17(33-29(41)42-12-11-38(2)3)9-10-18(22)25-26(30)37-27(21)36-25/h4-5,9-10,13-15,21H,6-8,11-12H2,1-3H3,(H,33,41)(H,34,39)(H,35,40)(H,36,37)/t21-/m0/s1. The Morgan fingerprint density at radius 2 is 1.90 bits per heavy atom. The first-order chi connectivity index (χ1) is 20.0. The van der Waals surface area contributed by atoms with Gasteiger partial charge in [-0.15, -0.1) is 0 Å². The van der Waals surface area contributed by atoms with Gasteiger partial charge in [0.25, 0.3) is 5.91 Å². The SMILES string of the molecule is Cc1cc(F)c(C(=O)N[C@H]2CC=CCCC(=O)Nc3cc(NC(=O)OCCN(C)C)ccc3-c3nc2[nH]c3Cl)c(F)c1. The highest BCUT2D eigenvalue weighted by atomic mass is 35.5. The lowest BCUT2D eigenvalue weighted by Crippen LogP contribution is -2.30. The van der Waals surface area contributed by atoms with Gasteiger partial charge in [-0.3, -0.25) is 14.9 Å². The average molecular weight is 601 g/mol. The van der Waals surface area contributed by atoms with Crippen LogP contribution in [0, 0.1) is 18.6 Å². The molecule has 0 spiro atoms. The van der Waals surface area contributed by atoms with Crippen molar-refractivity contribution in [3.05, 3.63) is 76.2 Å². The van der Waals surface area contributed by atoms with Crippen LogP contribution in [0.15, 0.2) is 42.5 Å². The molecule has 3 aromatic rings. The van der Waals surface area contributed by atoms with Crippen molar-refractivity contribution in [3.63, 3.8) is 0 Å². The first-order valence-corrected chi connectivity index (χ1v) is 13.6. The summed E-state index contributed by atoms with van der Waals surface area (Å²) in [5, 5.41) is 8.23. The number of H-pyrrole nitrogens is 1. The number of ether oxygens (including phenoxy) is 1. The number of imidazole rings is 1. The molecule has 2 heterocycles. The van der Waals surface area contributed by atoms with Crippen molar-refractivity contribution < 1.29 is 27.9 Å². The number of hydrogen-bond acceptors (Lipinski definition) is 6. The molecule has 13 heteroatoms. The molecular formula is C29H31ClF2N6O4. The van der Waals surface area contributed by atoms with E-state index in [9.17, 15) is 23.2 Å². The molecule has 222 valence electrons. The predicted molar refractivity (Wildman–Crippen MR) is 155 cm³/mol. The number of anilines is 2. The first kappa shape index (κ1) is 30.7. The fourth-order valence-corrected chi connectivity index (χ4v) is 4.52. The molecular weight excluding hydrogens is 570 g/mol. The maximum absolute atomic E-state index is 14.5. The van der Waals surface area contributed by atoms with Crippen molar-refractivity contribution in [1.82, 2.24) is 20.2 Å². The largest absolute Gasteiger partial charge is 0.448 e. The highest BCUT2D eigenvalue weighted by Crippen LogP contribution is 2.35. The molecule has 1 aliphatic heterocycles. The summed E-state index contributed by atoms with van der Waals surface area (Å²) < 4.78 is 34.2. The van der Waals surface area contributed by atoms with E-state index in [-0.39, 0.29) is 42.0 Å². The Bertz CT molecular complexity index is 1500. The van der Waals surface area contributed by atoms with Gasteiger partial charge in [0, 0.05) is 24.2 Å². The Morgan fingerprint density at radius 1 is 1.17 bits per heavy atom. The topological polar surface area (TPSA) is 128 Å². The first-order valence-electron chi connectivity index (χ1n) is 13.2. The van der Waals surface area contributed by atoms with Crippen molar-refractivity contribution in [2.45, 2.75) is 32.2 Å². The lowest BCUT2D eigenvalue weighted by molar-refractivity contribution is -0.116. The maximum Gasteiger partial charge on any atom is 0.411 e. The van der Waals surface area contributed by atoms with E-state index in [4.69, 9.17) is 16.3 Å². The Morgan fingerprint density at radius 3 is 2.62 bits per heavy atom. The summed E-state index contributed by atoms with van der Waals surface area (Å²) in [5.74, 6) is -2.95. The van der Waals surface area contributed by atoms with Crippen molar-refractivity contribution in [1.29, 1.82) is 0 Å². The van der Waals surface area contributed by atoms with Gasteiger partial charge >= 0.3 is 6.09 Å². The van der Waals surface area contributed by atoms with Crippen LogP contribution < -0.4 is 16.0 Å². The number of nitrogens with zero attached hydrogens (tertiary/aromatic N) is 2. The van der Waals surface area contributed by atoms with E-state index >= 15 is 0 Å². The molecule has 1 aliphatic rings. The van der Waals surface area contributed by atoms with Crippen LogP contribution in [0.25, 0.3) is 11.3 Å². The minimum Gasteiger partial charge on any atom is -0.448 e. The van der Waals surface area contributed by atoms with Crippen LogP contribution in [0.5, 0.6) is 0 Å². The van der Waals surface area contributed by atoms with E-state index in [2.05, 4.69) is 25.9 Å². The Balaban J connectivity index is 1.65. The number of amides is 3.